The smallest absolute Gasteiger partial charge is 0.407 e. The number of carbonyl (C=O) groups excluding carboxylic acids is 1. The van der Waals surface area contributed by atoms with Crippen LogP contribution in [0, 0.1) is 23.0 Å². The molecule has 2 atom stereocenters. The summed E-state index contributed by atoms with van der Waals surface area (Å²) in [7, 11) is 0. The zero-order chi connectivity index (χ0) is 28.8. The summed E-state index contributed by atoms with van der Waals surface area (Å²) in [5.74, 6) is -1.45. The van der Waals surface area contributed by atoms with Crippen molar-refractivity contribution in [3.05, 3.63) is 70.8 Å². The van der Waals surface area contributed by atoms with Crippen molar-refractivity contribution < 1.29 is 23.4 Å². The summed E-state index contributed by atoms with van der Waals surface area (Å²) < 4.78 is 33.2. The van der Waals surface area contributed by atoms with Crippen LogP contribution in [0.2, 0.25) is 0 Å². The van der Waals surface area contributed by atoms with Crippen LogP contribution in [-0.2, 0) is 22.1 Å². The maximum absolute atomic E-state index is 13.9. The van der Waals surface area contributed by atoms with Crippen molar-refractivity contribution in [3.8, 4) is 6.07 Å². The standard InChI is InChI=1S/C31H41F2N3O3/c1-29(2,3)39-28(38)36-26(16-21-14-24(32)18-25(33)15-21)27(37)19-35-31(12-7-6-8-13-31)23-11-9-10-22(17-23)30(4,5)20-34/h9-11,14-15,17-18,26-27,35,37H,6-8,12-13,16,19H2,1-5H3,(H,36,38). The zero-order valence-electron chi connectivity index (χ0n) is 23.6. The molecule has 0 bridgehead atoms. The Balaban J connectivity index is 1.85. The van der Waals surface area contributed by atoms with Gasteiger partial charge in [-0.2, -0.15) is 5.26 Å². The predicted octanol–water partition coefficient (Wildman–Crippen LogP) is 6.01. The number of hydrogen-bond acceptors (Lipinski definition) is 5. The SMILES string of the molecule is CC(C)(C)OC(=O)NC(Cc1cc(F)cc(F)c1)C(O)CNC1(c2cccc(C(C)(C)C#N)c2)CCCCC1. The summed E-state index contributed by atoms with van der Waals surface area (Å²) in [6, 6.07) is 12.7. The number of aliphatic hydroxyl groups is 1. The van der Waals surface area contributed by atoms with E-state index in [0.717, 1.165) is 49.3 Å². The minimum atomic E-state index is -1.08. The Labute approximate surface area is 230 Å². The molecule has 2 aromatic carbocycles. The molecule has 39 heavy (non-hydrogen) atoms. The number of carbonyl (C=O) groups is 1. The Kier molecular flexibility index (Phi) is 9.74. The van der Waals surface area contributed by atoms with Gasteiger partial charge in [-0.25, -0.2) is 13.6 Å². The van der Waals surface area contributed by atoms with E-state index in [2.05, 4.69) is 22.8 Å². The van der Waals surface area contributed by atoms with E-state index >= 15 is 0 Å². The predicted molar refractivity (Wildman–Crippen MR) is 147 cm³/mol. The van der Waals surface area contributed by atoms with E-state index in [0.29, 0.717) is 5.56 Å². The fourth-order valence-corrected chi connectivity index (χ4v) is 5.16. The normalized spacial score (nSPS) is 17.1. The minimum Gasteiger partial charge on any atom is -0.444 e. The highest BCUT2D eigenvalue weighted by Gasteiger charge is 2.36. The van der Waals surface area contributed by atoms with Gasteiger partial charge in [-0.1, -0.05) is 43.5 Å². The van der Waals surface area contributed by atoms with Gasteiger partial charge in [0.2, 0.25) is 0 Å². The highest BCUT2D eigenvalue weighted by Crippen LogP contribution is 2.38. The molecule has 1 saturated carbocycles. The van der Waals surface area contributed by atoms with E-state index in [1.807, 2.05) is 32.0 Å². The average Bonchev–Trinajstić information content (AvgIpc) is 2.86. The molecular formula is C31H41F2N3O3. The van der Waals surface area contributed by atoms with Gasteiger partial charge in [-0.05, 0) is 82.7 Å². The van der Waals surface area contributed by atoms with Crippen LogP contribution in [0.3, 0.4) is 0 Å². The molecule has 6 nitrogen and oxygen atoms in total. The topological polar surface area (TPSA) is 94.4 Å². The van der Waals surface area contributed by atoms with Crippen LogP contribution in [0.25, 0.3) is 0 Å². The van der Waals surface area contributed by atoms with Gasteiger partial charge in [0.05, 0.1) is 23.6 Å². The van der Waals surface area contributed by atoms with Crippen LogP contribution in [0.5, 0.6) is 0 Å². The van der Waals surface area contributed by atoms with E-state index in [1.165, 1.54) is 12.1 Å². The van der Waals surface area contributed by atoms with E-state index in [1.54, 1.807) is 20.8 Å². The summed E-state index contributed by atoms with van der Waals surface area (Å²) >= 11 is 0. The summed E-state index contributed by atoms with van der Waals surface area (Å²) in [6.45, 7) is 9.10. The van der Waals surface area contributed by atoms with Gasteiger partial charge in [-0.15, -0.1) is 0 Å². The third-order valence-corrected chi connectivity index (χ3v) is 7.32. The molecule has 8 heteroatoms. The molecule has 1 fully saturated rings. The number of aliphatic hydroxyl groups excluding tert-OH is 1. The summed E-state index contributed by atoms with van der Waals surface area (Å²) in [5, 5.41) is 27.3. The van der Waals surface area contributed by atoms with Gasteiger partial charge in [0.15, 0.2) is 0 Å². The van der Waals surface area contributed by atoms with Crippen LogP contribution < -0.4 is 10.6 Å². The Morgan fingerprint density at radius 3 is 2.31 bits per heavy atom. The molecule has 0 aliphatic heterocycles. The van der Waals surface area contributed by atoms with Crippen molar-refractivity contribution in [3.63, 3.8) is 0 Å². The van der Waals surface area contributed by atoms with Gasteiger partial charge in [-0.3, -0.25) is 0 Å². The quantitative estimate of drug-likeness (QED) is 0.361. The summed E-state index contributed by atoms with van der Waals surface area (Å²) in [6.07, 6.45) is 3.06. The number of ether oxygens (including phenoxy) is 1. The maximum Gasteiger partial charge on any atom is 0.407 e. The van der Waals surface area contributed by atoms with Crippen molar-refractivity contribution in [2.45, 2.75) is 102 Å². The van der Waals surface area contributed by atoms with Crippen molar-refractivity contribution in [1.82, 2.24) is 10.6 Å². The molecule has 0 spiro atoms. The summed E-state index contributed by atoms with van der Waals surface area (Å²) in [5.41, 5.74) is 0.478. The molecule has 2 aromatic rings. The number of nitrogens with one attached hydrogen (secondary N) is 2. The number of benzene rings is 2. The number of nitrogens with zero attached hydrogens (tertiary/aromatic N) is 1. The highest BCUT2D eigenvalue weighted by molar-refractivity contribution is 5.68. The first kappa shape index (κ1) is 30.5. The largest absolute Gasteiger partial charge is 0.444 e. The van der Waals surface area contributed by atoms with Crippen molar-refractivity contribution >= 4 is 6.09 Å². The number of alkyl carbamates (subject to hydrolysis) is 1. The number of amides is 1. The lowest BCUT2D eigenvalue weighted by atomic mass is 9.74. The molecule has 1 amide bonds. The molecule has 3 rings (SSSR count). The molecule has 0 aromatic heterocycles. The van der Waals surface area contributed by atoms with E-state index < -0.39 is 46.4 Å². The Morgan fingerprint density at radius 2 is 1.72 bits per heavy atom. The first-order chi connectivity index (χ1) is 18.2. The van der Waals surface area contributed by atoms with E-state index in [4.69, 9.17) is 4.74 Å². The molecule has 2 unspecified atom stereocenters. The zero-order valence-corrected chi connectivity index (χ0v) is 23.6. The third-order valence-electron chi connectivity index (χ3n) is 7.32. The van der Waals surface area contributed by atoms with Crippen LogP contribution in [-0.4, -0.2) is 35.5 Å². The van der Waals surface area contributed by atoms with Gasteiger partial charge < -0.3 is 20.5 Å². The monoisotopic (exact) mass is 541 g/mol. The Hall–Kier alpha value is -3.02. The highest BCUT2D eigenvalue weighted by atomic mass is 19.1. The lowest BCUT2D eigenvalue weighted by Crippen LogP contribution is -2.54. The lowest BCUT2D eigenvalue weighted by molar-refractivity contribution is 0.0408. The molecular weight excluding hydrogens is 500 g/mol. The first-order valence-electron chi connectivity index (χ1n) is 13.6. The van der Waals surface area contributed by atoms with Gasteiger partial charge >= 0.3 is 6.09 Å². The number of hydrogen-bond donors (Lipinski definition) is 3. The molecule has 1 aliphatic rings. The third kappa shape index (κ3) is 8.48. The maximum atomic E-state index is 13.9. The second kappa shape index (κ2) is 12.4. The van der Waals surface area contributed by atoms with E-state index in [9.17, 15) is 23.9 Å². The van der Waals surface area contributed by atoms with Crippen LogP contribution in [0.15, 0.2) is 42.5 Å². The summed E-state index contributed by atoms with van der Waals surface area (Å²) in [4.78, 5) is 12.6. The lowest BCUT2D eigenvalue weighted by Gasteiger charge is -2.41. The fraction of sp³-hybridized carbons (Fsp3) is 0.548. The molecule has 0 radical (unpaired) electrons. The first-order valence-corrected chi connectivity index (χ1v) is 13.6. The van der Waals surface area contributed by atoms with Gasteiger partial charge in [0.1, 0.15) is 17.2 Å². The second-order valence-electron chi connectivity index (χ2n) is 12.1. The number of halogens is 2. The van der Waals surface area contributed by atoms with Crippen LogP contribution in [0.1, 0.15) is 83.4 Å². The minimum absolute atomic E-state index is 0.00954. The van der Waals surface area contributed by atoms with Crippen LogP contribution >= 0.6 is 0 Å². The van der Waals surface area contributed by atoms with Crippen molar-refractivity contribution in [2.75, 3.05) is 6.54 Å². The van der Waals surface area contributed by atoms with Crippen molar-refractivity contribution in [1.29, 1.82) is 5.26 Å². The molecule has 0 heterocycles. The van der Waals surface area contributed by atoms with Crippen LogP contribution in [0.4, 0.5) is 13.6 Å². The molecule has 212 valence electrons. The Bertz CT molecular complexity index is 1160. The molecule has 1 aliphatic carbocycles. The Morgan fingerprint density at radius 1 is 1.08 bits per heavy atom. The molecule has 3 N–H and O–H groups in total. The number of nitriles is 1. The second-order valence-corrected chi connectivity index (χ2v) is 12.1. The van der Waals surface area contributed by atoms with E-state index in [-0.39, 0.29) is 13.0 Å². The van der Waals surface area contributed by atoms with Gasteiger partial charge in [0, 0.05) is 18.2 Å². The van der Waals surface area contributed by atoms with Gasteiger partial charge in [0.25, 0.3) is 0 Å². The number of rotatable bonds is 9. The average molecular weight is 542 g/mol. The van der Waals surface area contributed by atoms with Crippen molar-refractivity contribution in [2.24, 2.45) is 0 Å². The molecule has 0 saturated heterocycles. The fourth-order valence-electron chi connectivity index (χ4n) is 5.16.